The van der Waals surface area contributed by atoms with E-state index in [0.717, 1.165) is 0 Å². The minimum Gasteiger partial charge on any atom is -0.321 e. The van der Waals surface area contributed by atoms with E-state index >= 15 is 0 Å². The number of hydrogen-bond donors (Lipinski definition) is 1. The molecule has 0 bridgehead atoms. The van der Waals surface area contributed by atoms with Gasteiger partial charge in [0, 0.05) is 0 Å². The Morgan fingerprint density at radius 1 is 1.60 bits per heavy atom. The maximum absolute atomic E-state index is 5.45. The summed E-state index contributed by atoms with van der Waals surface area (Å²) >= 11 is 0. The average Bonchev–Trinajstić information content (AvgIpc) is 2.14. The lowest BCUT2D eigenvalue weighted by Crippen LogP contribution is -2.07. The molecule has 1 atom stereocenters. The molecule has 2 N–H and O–H groups in total. The van der Waals surface area contributed by atoms with Gasteiger partial charge in [-0.1, -0.05) is 0 Å². The average molecular weight is 164 g/mol. The number of tetrazole rings is 1. The molecule has 0 saturated heterocycles. The second-order valence-corrected chi connectivity index (χ2v) is 1.93. The van der Waals surface area contributed by atoms with Crippen molar-refractivity contribution in [3.63, 3.8) is 0 Å². The molecule has 10 heavy (non-hydrogen) atoms. The monoisotopic (exact) mass is 163 g/mol. The summed E-state index contributed by atoms with van der Waals surface area (Å²) in [4.78, 5) is 1.39. The van der Waals surface area contributed by atoms with Crippen molar-refractivity contribution in [3.05, 3.63) is 5.82 Å². The molecule has 0 amide bonds. The van der Waals surface area contributed by atoms with Crippen LogP contribution in [-0.2, 0) is 7.05 Å². The first-order valence-corrected chi connectivity index (χ1v) is 2.69. The van der Waals surface area contributed by atoms with Crippen LogP contribution in [0.5, 0.6) is 0 Å². The van der Waals surface area contributed by atoms with E-state index in [1.54, 1.807) is 7.05 Å². The summed E-state index contributed by atoms with van der Waals surface area (Å²) in [5, 5.41) is 11.2. The van der Waals surface area contributed by atoms with Crippen LogP contribution in [0.3, 0.4) is 0 Å². The standard InChI is InChI=1S/C4H9N5.ClH/c1-3(5)4-6-8-9(2)7-4;/h3H,5H2,1-2H3;1H. The van der Waals surface area contributed by atoms with Crippen molar-refractivity contribution < 1.29 is 0 Å². The van der Waals surface area contributed by atoms with Gasteiger partial charge in [-0.05, 0) is 12.1 Å². The van der Waals surface area contributed by atoms with Gasteiger partial charge < -0.3 is 5.73 Å². The lowest BCUT2D eigenvalue weighted by molar-refractivity contribution is 0.623. The third-order valence-corrected chi connectivity index (χ3v) is 0.931. The van der Waals surface area contributed by atoms with Gasteiger partial charge in [0.15, 0.2) is 5.82 Å². The summed E-state index contributed by atoms with van der Waals surface area (Å²) in [5.74, 6) is 0.581. The molecule has 0 aliphatic heterocycles. The SMILES string of the molecule is CC(N)c1nnn(C)n1.Cl. The van der Waals surface area contributed by atoms with E-state index < -0.39 is 0 Å². The molecule has 6 heteroatoms. The molecule has 1 aromatic heterocycles. The highest BCUT2D eigenvalue weighted by Gasteiger charge is 2.03. The van der Waals surface area contributed by atoms with Gasteiger partial charge in [0.05, 0.1) is 13.1 Å². The fourth-order valence-electron chi connectivity index (χ4n) is 0.481. The zero-order chi connectivity index (χ0) is 6.85. The molecule has 1 unspecified atom stereocenters. The maximum atomic E-state index is 5.45. The zero-order valence-electron chi connectivity index (χ0n) is 5.85. The van der Waals surface area contributed by atoms with E-state index in [9.17, 15) is 0 Å². The number of aryl methyl sites for hydroxylation is 1. The molecule has 1 rings (SSSR count). The largest absolute Gasteiger partial charge is 0.321 e. The molecular formula is C4H10ClN5. The Kier molecular flexibility index (Phi) is 3.24. The van der Waals surface area contributed by atoms with Crippen molar-refractivity contribution in [2.45, 2.75) is 13.0 Å². The van der Waals surface area contributed by atoms with Gasteiger partial charge >= 0.3 is 0 Å². The first kappa shape index (κ1) is 9.32. The fourth-order valence-corrected chi connectivity index (χ4v) is 0.481. The number of nitrogens with two attached hydrogens (primary N) is 1. The molecule has 0 aliphatic carbocycles. The minimum absolute atomic E-state index is 0. The summed E-state index contributed by atoms with van der Waals surface area (Å²) in [7, 11) is 1.71. The summed E-state index contributed by atoms with van der Waals surface area (Å²) in [6.07, 6.45) is 0. The Labute approximate surface area is 65.0 Å². The van der Waals surface area contributed by atoms with Crippen LogP contribution in [0.15, 0.2) is 0 Å². The summed E-state index contributed by atoms with van der Waals surface area (Å²) in [6, 6.07) is -0.126. The Hall–Kier alpha value is -0.680. The third kappa shape index (κ3) is 1.93. The first-order chi connectivity index (χ1) is 4.20. The summed E-state index contributed by atoms with van der Waals surface area (Å²) < 4.78 is 0. The first-order valence-electron chi connectivity index (χ1n) is 2.69. The number of nitrogens with zero attached hydrogens (tertiary/aromatic N) is 4. The van der Waals surface area contributed by atoms with Gasteiger partial charge in [0.25, 0.3) is 0 Å². The van der Waals surface area contributed by atoms with Crippen LogP contribution in [0.2, 0.25) is 0 Å². The van der Waals surface area contributed by atoms with Crippen LogP contribution >= 0.6 is 12.4 Å². The summed E-state index contributed by atoms with van der Waals surface area (Å²) in [6.45, 7) is 1.82. The third-order valence-electron chi connectivity index (χ3n) is 0.931. The molecule has 0 radical (unpaired) electrons. The lowest BCUT2D eigenvalue weighted by Gasteiger charge is -1.92. The molecule has 0 aliphatic rings. The Morgan fingerprint density at radius 3 is 2.40 bits per heavy atom. The lowest BCUT2D eigenvalue weighted by atomic mass is 10.4. The van der Waals surface area contributed by atoms with E-state index in [-0.39, 0.29) is 18.4 Å². The second-order valence-electron chi connectivity index (χ2n) is 1.93. The number of rotatable bonds is 1. The van der Waals surface area contributed by atoms with Crippen molar-refractivity contribution in [2.75, 3.05) is 0 Å². The van der Waals surface area contributed by atoms with Gasteiger partial charge in [-0.3, -0.25) is 0 Å². The van der Waals surface area contributed by atoms with Gasteiger partial charge in [-0.15, -0.1) is 22.6 Å². The van der Waals surface area contributed by atoms with Crippen molar-refractivity contribution in [3.8, 4) is 0 Å². The van der Waals surface area contributed by atoms with E-state index in [1.807, 2.05) is 6.92 Å². The predicted octanol–water partition coefficient (Wildman–Crippen LogP) is -0.348. The normalized spacial score (nSPS) is 12.3. The zero-order valence-corrected chi connectivity index (χ0v) is 6.67. The molecule has 1 aromatic rings. The fraction of sp³-hybridized carbons (Fsp3) is 0.750. The van der Waals surface area contributed by atoms with E-state index in [4.69, 9.17) is 5.73 Å². The molecule has 58 valence electrons. The molecule has 0 aromatic carbocycles. The van der Waals surface area contributed by atoms with Crippen molar-refractivity contribution in [2.24, 2.45) is 12.8 Å². The Bertz CT molecular complexity index is 195. The highest BCUT2D eigenvalue weighted by molar-refractivity contribution is 5.85. The second kappa shape index (κ2) is 3.48. The quantitative estimate of drug-likeness (QED) is 0.615. The van der Waals surface area contributed by atoms with Gasteiger partial charge in [0.2, 0.25) is 0 Å². The smallest absolute Gasteiger partial charge is 0.191 e. The molecule has 1 heterocycles. The van der Waals surface area contributed by atoms with Crippen LogP contribution in [-0.4, -0.2) is 20.2 Å². The van der Waals surface area contributed by atoms with Crippen molar-refractivity contribution in [1.82, 2.24) is 20.2 Å². The number of aromatic nitrogens is 4. The molecular weight excluding hydrogens is 154 g/mol. The molecule has 5 nitrogen and oxygen atoms in total. The van der Waals surface area contributed by atoms with Crippen LogP contribution in [0, 0.1) is 0 Å². The topological polar surface area (TPSA) is 69.6 Å². The van der Waals surface area contributed by atoms with Gasteiger partial charge in [0.1, 0.15) is 0 Å². The van der Waals surface area contributed by atoms with E-state index in [2.05, 4.69) is 15.4 Å². The Morgan fingerprint density at radius 2 is 2.20 bits per heavy atom. The van der Waals surface area contributed by atoms with Crippen LogP contribution in [0.4, 0.5) is 0 Å². The van der Waals surface area contributed by atoms with Crippen LogP contribution in [0.1, 0.15) is 18.8 Å². The highest BCUT2D eigenvalue weighted by atomic mass is 35.5. The maximum Gasteiger partial charge on any atom is 0.191 e. The summed E-state index contributed by atoms with van der Waals surface area (Å²) in [5.41, 5.74) is 5.45. The van der Waals surface area contributed by atoms with Crippen molar-refractivity contribution in [1.29, 1.82) is 0 Å². The minimum atomic E-state index is -0.126. The van der Waals surface area contributed by atoms with Crippen LogP contribution < -0.4 is 5.73 Å². The van der Waals surface area contributed by atoms with Crippen LogP contribution in [0.25, 0.3) is 0 Å². The Balaban J connectivity index is 0.000000810. The molecule has 0 spiro atoms. The van der Waals surface area contributed by atoms with Crippen molar-refractivity contribution >= 4 is 12.4 Å². The number of hydrogen-bond acceptors (Lipinski definition) is 4. The van der Waals surface area contributed by atoms with E-state index in [0.29, 0.717) is 5.82 Å². The van der Waals surface area contributed by atoms with Gasteiger partial charge in [-0.2, -0.15) is 4.80 Å². The predicted molar refractivity (Wildman–Crippen MR) is 38.6 cm³/mol. The highest BCUT2D eigenvalue weighted by Crippen LogP contribution is 1.96. The van der Waals surface area contributed by atoms with E-state index in [1.165, 1.54) is 4.80 Å². The molecule has 0 saturated carbocycles. The molecule has 0 fully saturated rings. The number of halogens is 1. The van der Waals surface area contributed by atoms with Gasteiger partial charge in [-0.25, -0.2) is 0 Å².